The third-order valence-corrected chi connectivity index (χ3v) is 4.08. The summed E-state index contributed by atoms with van der Waals surface area (Å²) in [6.45, 7) is 3.87. The maximum Gasteiger partial charge on any atom is 0.326 e. The van der Waals surface area contributed by atoms with Crippen LogP contribution in [0.15, 0.2) is 42.5 Å². The first-order valence-corrected chi connectivity index (χ1v) is 7.87. The Morgan fingerprint density at radius 3 is 2.62 bits per heavy atom. The topological polar surface area (TPSA) is 92.4 Å². The summed E-state index contributed by atoms with van der Waals surface area (Å²) >= 11 is 0. The van der Waals surface area contributed by atoms with Gasteiger partial charge in [-0.05, 0) is 18.1 Å². The Labute approximate surface area is 139 Å². The van der Waals surface area contributed by atoms with Gasteiger partial charge in [-0.3, -0.25) is 0 Å². The van der Waals surface area contributed by atoms with E-state index in [0.717, 1.165) is 12.0 Å². The molecule has 0 fully saturated rings. The minimum absolute atomic E-state index is 0.0190. The molecule has 1 aromatic carbocycles. The smallest absolute Gasteiger partial charge is 0.326 e. The number of anilines is 1. The largest absolute Gasteiger partial charge is 0.480 e. The second-order valence-corrected chi connectivity index (χ2v) is 5.72. The van der Waals surface area contributed by atoms with E-state index in [2.05, 4.69) is 20.6 Å². The van der Waals surface area contributed by atoms with Crippen molar-refractivity contribution in [2.75, 3.05) is 5.32 Å². The fourth-order valence-electron chi connectivity index (χ4n) is 2.48. The number of carboxylic acid groups (broad SMARTS) is 1. The molecule has 0 unspecified atom stereocenters. The van der Waals surface area contributed by atoms with Crippen molar-refractivity contribution in [3.63, 3.8) is 0 Å². The van der Waals surface area contributed by atoms with E-state index in [-0.39, 0.29) is 5.92 Å². The van der Waals surface area contributed by atoms with Gasteiger partial charge in [0.1, 0.15) is 11.9 Å². The number of carbonyl (C=O) groups is 1. The molecule has 2 heterocycles. The third-order valence-electron chi connectivity index (χ3n) is 4.08. The van der Waals surface area contributed by atoms with Crippen molar-refractivity contribution in [1.82, 2.24) is 19.8 Å². The first-order chi connectivity index (χ1) is 11.6. The summed E-state index contributed by atoms with van der Waals surface area (Å²) in [4.78, 5) is 11.5. The molecular formula is C17H19N5O2. The predicted molar refractivity (Wildman–Crippen MR) is 90.7 cm³/mol. The lowest BCUT2D eigenvalue weighted by Crippen LogP contribution is -2.35. The van der Waals surface area contributed by atoms with Crippen molar-refractivity contribution in [2.45, 2.75) is 26.3 Å². The van der Waals surface area contributed by atoms with Crippen LogP contribution in [-0.2, 0) is 4.79 Å². The molecule has 3 aromatic rings. The normalized spacial score (nSPS) is 13.6. The number of aliphatic carboxylic acids is 1. The zero-order valence-electron chi connectivity index (χ0n) is 13.5. The molecule has 2 atom stereocenters. The van der Waals surface area contributed by atoms with Crippen LogP contribution in [0.5, 0.6) is 0 Å². The highest BCUT2D eigenvalue weighted by atomic mass is 16.4. The molecule has 24 heavy (non-hydrogen) atoms. The Bertz CT molecular complexity index is 847. The SMILES string of the molecule is CC[C@H](C)[C@H](Nc1ccc2nnc(-c3ccccc3)n2n1)C(=O)O. The molecule has 0 saturated carbocycles. The number of nitrogens with one attached hydrogen (secondary N) is 1. The van der Waals surface area contributed by atoms with Crippen LogP contribution in [-0.4, -0.2) is 36.9 Å². The molecule has 7 heteroatoms. The van der Waals surface area contributed by atoms with Crippen molar-refractivity contribution in [1.29, 1.82) is 0 Å². The van der Waals surface area contributed by atoms with Crippen LogP contribution in [0, 0.1) is 5.92 Å². The molecule has 124 valence electrons. The zero-order chi connectivity index (χ0) is 17.1. The van der Waals surface area contributed by atoms with Gasteiger partial charge >= 0.3 is 5.97 Å². The maximum atomic E-state index is 11.5. The molecule has 0 aliphatic carbocycles. The Balaban J connectivity index is 1.97. The molecular weight excluding hydrogens is 306 g/mol. The van der Waals surface area contributed by atoms with E-state index in [1.807, 2.05) is 44.2 Å². The number of fused-ring (bicyclic) bond motifs is 1. The highest BCUT2D eigenvalue weighted by molar-refractivity contribution is 5.77. The monoisotopic (exact) mass is 325 g/mol. The quantitative estimate of drug-likeness (QED) is 0.724. The van der Waals surface area contributed by atoms with Gasteiger partial charge in [-0.25, -0.2) is 4.79 Å². The van der Waals surface area contributed by atoms with Crippen LogP contribution in [0.3, 0.4) is 0 Å². The number of nitrogens with zero attached hydrogens (tertiary/aromatic N) is 4. The van der Waals surface area contributed by atoms with Crippen LogP contribution in [0.2, 0.25) is 0 Å². The fourth-order valence-corrected chi connectivity index (χ4v) is 2.48. The van der Waals surface area contributed by atoms with E-state index < -0.39 is 12.0 Å². The van der Waals surface area contributed by atoms with Crippen LogP contribution in [0.1, 0.15) is 20.3 Å². The average molecular weight is 325 g/mol. The van der Waals surface area contributed by atoms with Crippen LogP contribution in [0.4, 0.5) is 5.82 Å². The lowest BCUT2D eigenvalue weighted by atomic mass is 9.99. The molecule has 2 N–H and O–H groups in total. The minimum Gasteiger partial charge on any atom is -0.480 e. The Hall–Kier alpha value is -2.96. The van der Waals surface area contributed by atoms with Crippen LogP contribution >= 0.6 is 0 Å². The van der Waals surface area contributed by atoms with E-state index in [4.69, 9.17) is 0 Å². The standard InChI is InChI=1S/C17H19N5O2/c1-3-11(2)15(17(23)24)18-13-9-10-14-19-20-16(22(14)21-13)12-7-5-4-6-8-12/h4-11,15H,3H2,1-2H3,(H,18,21)(H,23,24)/t11-,15-/m0/s1. The Morgan fingerprint density at radius 2 is 1.96 bits per heavy atom. The lowest BCUT2D eigenvalue weighted by Gasteiger charge is -2.20. The first-order valence-electron chi connectivity index (χ1n) is 7.87. The number of hydrogen-bond acceptors (Lipinski definition) is 5. The lowest BCUT2D eigenvalue weighted by molar-refractivity contribution is -0.139. The maximum absolute atomic E-state index is 11.5. The van der Waals surface area contributed by atoms with E-state index in [1.165, 1.54) is 0 Å². The van der Waals surface area contributed by atoms with E-state index in [9.17, 15) is 9.90 Å². The van der Waals surface area contributed by atoms with Gasteiger partial charge in [0.25, 0.3) is 0 Å². The van der Waals surface area contributed by atoms with Gasteiger partial charge in [0.15, 0.2) is 11.5 Å². The van der Waals surface area contributed by atoms with Gasteiger partial charge in [-0.1, -0.05) is 50.6 Å². The van der Waals surface area contributed by atoms with Gasteiger partial charge in [0.2, 0.25) is 0 Å². The summed E-state index contributed by atoms with van der Waals surface area (Å²) in [6, 6.07) is 12.4. The molecule has 0 amide bonds. The Morgan fingerprint density at radius 1 is 1.21 bits per heavy atom. The van der Waals surface area contributed by atoms with Crippen molar-refractivity contribution in [3.8, 4) is 11.4 Å². The molecule has 3 rings (SSSR count). The minimum atomic E-state index is -0.890. The third kappa shape index (κ3) is 3.05. The average Bonchev–Trinajstić information content (AvgIpc) is 3.02. The molecule has 0 aliphatic rings. The summed E-state index contributed by atoms with van der Waals surface area (Å²) in [5.41, 5.74) is 1.50. The van der Waals surface area contributed by atoms with Crippen molar-refractivity contribution >= 4 is 17.4 Å². The summed E-state index contributed by atoms with van der Waals surface area (Å²) in [5, 5.41) is 25.2. The number of rotatable bonds is 6. The van der Waals surface area contributed by atoms with Crippen LogP contribution in [0.25, 0.3) is 17.0 Å². The molecule has 0 radical (unpaired) electrons. The second kappa shape index (κ2) is 6.66. The van der Waals surface area contributed by atoms with Gasteiger partial charge < -0.3 is 10.4 Å². The summed E-state index contributed by atoms with van der Waals surface area (Å²) < 4.78 is 1.62. The van der Waals surface area contributed by atoms with Gasteiger partial charge in [0, 0.05) is 5.56 Å². The van der Waals surface area contributed by atoms with E-state index in [1.54, 1.807) is 16.6 Å². The van der Waals surface area contributed by atoms with Gasteiger partial charge in [0.05, 0.1) is 0 Å². The van der Waals surface area contributed by atoms with Gasteiger partial charge in [-0.15, -0.1) is 15.3 Å². The molecule has 0 spiro atoms. The van der Waals surface area contributed by atoms with E-state index in [0.29, 0.717) is 17.3 Å². The Kier molecular flexibility index (Phi) is 4.41. The molecule has 0 bridgehead atoms. The summed E-state index contributed by atoms with van der Waals surface area (Å²) in [5.74, 6) is 0.185. The molecule has 2 aromatic heterocycles. The molecule has 0 aliphatic heterocycles. The predicted octanol–water partition coefficient (Wildman–Crippen LogP) is 2.70. The zero-order valence-corrected chi connectivity index (χ0v) is 13.5. The summed E-state index contributed by atoms with van der Waals surface area (Å²) in [7, 11) is 0. The molecule has 7 nitrogen and oxygen atoms in total. The number of benzene rings is 1. The van der Waals surface area contributed by atoms with Crippen LogP contribution < -0.4 is 5.32 Å². The highest BCUT2D eigenvalue weighted by Gasteiger charge is 2.24. The number of carboxylic acids is 1. The first kappa shape index (κ1) is 15.9. The number of hydrogen-bond donors (Lipinski definition) is 2. The van der Waals surface area contributed by atoms with Crippen molar-refractivity contribution in [3.05, 3.63) is 42.5 Å². The van der Waals surface area contributed by atoms with Crippen molar-refractivity contribution in [2.24, 2.45) is 5.92 Å². The molecule has 0 saturated heterocycles. The fraction of sp³-hybridized carbons (Fsp3) is 0.294. The van der Waals surface area contributed by atoms with Crippen molar-refractivity contribution < 1.29 is 9.90 Å². The summed E-state index contributed by atoms with van der Waals surface area (Å²) in [6.07, 6.45) is 0.758. The highest BCUT2D eigenvalue weighted by Crippen LogP contribution is 2.19. The van der Waals surface area contributed by atoms with E-state index >= 15 is 0 Å². The van der Waals surface area contributed by atoms with Gasteiger partial charge in [-0.2, -0.15) is 4.52 Å². The number of aromatic nitrogens is 4. The second-order valence-electron chi connectivity index (χ2n) is 5.72.